The molecule has 1 heterocycles. The van der Waals surface area contributed by atoms with Gasteiger partial charge in [-0.25, -0.2) is 4.98 Å². The summed E-state index contributed by atoms with van der Waals surface area (Å²) in [5.41, 5.74) is 1.38. The molecule has 136 valence electrons. The van der Waals surface area contributed by atoms with Gasteiger partial charge in [-0.3, -0.25) is 4.99 Å². The van der Waals surface area contributed by atoms with Crippen molar-refractivity contribution in [3.63, 3.8) is 0 Å². The summed E-state index contributed by atoms with van der Waals surface area (Å²) in [5.74, 6) is 1.97. The first-order chi connectivity index (χ1) is 12.2. The van der Waals surface area contributed by atoms with Crippen LogP contribution in [0.2, 0.25) is 0 Å². The first kappa shape index (κ1) is 19.0. The number of nitrogens with one attached hydrogen (secondary N) is 2. The highest BCUT2D eigenvalue weighted by Crippen LogP contribution is 2.04. The summed E-state index contributed by atoms with van der Waals surface area (Å²) >= 11 is 0. The maximum Gasteiger partial charge on any atom is 0.191 e. The van der Waals surface area contributed by atoms with Crippen LogP contribution in [0.1, 0.15) is 37.6 Å². The van der Waals surface area contributed by atoms with Crippen LogP contribution in [-0.4, -0.2) is 35.1 Å². The van der Waals surface area contributed by atoms with Gasteiger partial charge in [-0.1, -0.05) is 30.3 Å². The Labute approximate surface area is 151 Å². The average molecular weight is 342 g/mol. The Bertz CT molecular complexity index is 633. The van der Waals surface area contributed by atoms with Crippen molar-refractivity contribution in [3.05, 3.63) is 54.1 Å². The van der Waals surface area contributed by atoms with E-state index in [4.69, 9.17) is 0 Å². The molecular formula is C20H31N5. The molecule has 5 heteroatoms. The maximum atomic E-state index is 4.32. The fourth-order valence-electron chi connectivity index (χ4n) is 2.78. The van der Waals surface area contributed by atoms with Crippen molar-refractivity contribution in [2.24, 2.45) is 4.99 Å². The van der Waals surface area contributed by atoms with E-state index in [1.165, 1.54) is 5.56 Å². The van der Waals surface area contributed by atoms with Crippen molar-refractivity contribution in [1.29, 1.82) is 0 Å². The third-order valence-electron chi connectivity index (χ3n) is 4.36. The lowest BCUT2D eigenvalue weighted by molar-refractivity contribution is 0.572. The van der Waals surface area contributed by atoms with Gasteiger partial charge in [0.2, 0.25) is 0 Å². The van der Waals surface area contributed by atoms with Gasteiger partial charge in [0.25, 0.3) is 0 Å². The normalized spacial score (nSPS) is 12.8. The zero-order valence-corrected chi connectivity index (χ0v) is 15.7. The van der Waals surface area contributed by atoms with Gasteiger partial charge in [-0.15, -0.1) is 0 Å². The van der Waals surface area contributed by atoms with Gasteiger partial charge in [0, 0.05) is 38.6 Å². The molecule has 5 nitrogen and oxygen atoms in total. The third-order valence-corrected chi connectivity index (χ3v) is 4.36. The van der Waals surface area contributed by atoms with Crippen molar-refractivity contribution < 1.29 is 0 Å². The van der Waals surface area contributed by atoms with Gasteiger partial charge in [0.15, 0.2) is 5.96 Å². The molecule has 25 heavy (non-hydrogen) atoms. The number of guanidine groups is 1. The molecule has 0 amide bonds. The fourth-order valence-corrected chi connectivity index (χ4v) is 2.78. The quantitative estimate of drug-likeness (QED) is 0.418. The van der Waals surface area contributed by atoms with Gasteiger partial charge >= 0.3 is 0 Å². The van der Waals surface area contributed by atoms with Crippen LogP contribution in [0.3, 0.4) is 0 Å². The van der Waals surface area contributed by atoms with E-state index in [2.05, 4.69) is 62.4 Å². The lowest BCUT2D eigenvalue weighted by Gasteiger charge is -2.18. The van der Waals surface area contributed by atoms with E-state index in [1.54, 1.807) is 0 Å². The standard InChI is InChI=1S/C20H31N5/c1-17(11-12-19-9-5-4-6-10-19)24-20(21-3)23-13-7-8-15-25-16-14-22-18(25)2/h4-6,9-10,14,16-17H,7-8,11-13,15H2,1-3H3,(H2,21,23,24). The van der Waals surface area contributed by atoms with E-state index in [0.29, 0.717) is 6.04 Å². The molecule has 1 unspecified atom stereocenters. The Morgan fingerprint density at radius 2 is 2.04 bits per heavy atom. The van der Waals surface area contributed by atoms with Crippen LogP contribution in [0.4, 0.5) is 0 Å². The molecular weight excluding hydrogens is 310 g/mol. The number of aromatic nitrogens is 2. The number of rotatable bonds is 9. The van der Waals surface area contributed by atoms with Gasteiger partial charge in [-0.05, 0) is 45.1 Å². The monoisotopic (exact) mass is 341 g/mol. The molecule has 0 fully saturated rings. The minimum atomic E-state index is 0.389. The Morgan fingerprint density at radius 1 is 1.24 bits per heavy atom. The molecule has 2 aromatic rings. The zero-order valence-electron chi connectivity index (χ0n) is 15.7. The van der Waals surface area contributed by atoms with Gasteiger partial charge < -0.3 is 15.2 Å². The maximum absolute atomic E-state index is 4.32. The molecule has 1 atom stereocenters. The summed E-state index contributed by atoms with van der Waals surface area (Å²) in [6.07, 6.45) is 8.30. The fraction of sp³-hybridized carbons (Fsp3) is 0.500. The second-order valence-corrected chi connectivity index (χ2v) is 6.44. The Kier molecular flexibility index (Phi) is 8.02. The van der Waals surface area contributed by atoms with Crippen LogP contribution in [0.15, 0.2) is 47.7 Å². The van der Waals surface area contributed by atoms with Crippen LogP contribution in [0.25, 0.3) is 0 Å². The summed E-state index contributed by atoms with van der Waals surface area (Å²) in [5, 5.41) is 6.88. The molecule has 0 spiro atoms. The Hall–Kier alpha value is -2.30. The minimum Gasteiger partial charge on any atom is -0.356 e. The van der Waals surface area contributed by atoms with E-state index in [9.17, 15) is 0 Å². The molecule has 0 saturated carbocycles. The summed E-state index contributed by atoms with van der Waals surface area (Å²) < 4.78 is 2.19. The lowest BCUT2D eigenvalue weighted by atomic mass is 10.1. The number of nitrogens with zero attached hydrogens (tertiary/aromatic N) is 3. The third kappa shape index (κ3) is 6.99. The highest BCUT2D eigenvalue weighted by molar-refractivity contribution is 5.79. The van der Waals surface area contributed by atoms with E-state index in [0.717, 1.165) is 50.6 Å². The molecule has 0 radical (unpaired) electrons. The molecule has 1 aromatic carbocycles. The summed E-state index contributed by atoms with van der Waals surface area (Å²) in [7, 11) is 1.83. The second-order valence-electron chi connectivity index (χ2n) is 6.44. The summed E-state index contributed by atoms with van der Waals surface area (Å²) in [6, 6.07) is 11.0. The van der Waals surface area contributed by atoms with Crippen molar-refractivity contribution in [1.82, 2.24) is 20.2 Å². The molecule has 0 aliphatic rings. The molecule has 2 N–H and O–H groups in total. The molecule has 1 aromatic heterocycles. The van der Waals surface area contributed by atoms with Crippen LogP contribution in [-0.2, 0) is 13.0 Å². The van der Waals surface area contributed by atoms with Crippen LogP contribution >= 0.6 is 0 Å². The van der Waals surface area contributed by atoms with Crippen LogP contribution in [0.5, 0.6) is 0 Å². The number of unbranched alkanes of at least 4 members (excludes halogenated alkanes) is 1. The van der Waals surface area contributed by atoms with Gasteiger partial charge in [0.05, 0.1) is 0 Å². The highest BCUT2D eigenvalue weighted by atomic mass is 15.2. The largest absolute Gasteiger partial charge is 0.356 e. The van der Waals surface area contributed by atoms with E-state index >= 15 is 0 Å². The minimum absolute atomic E-state index is 0.389. The van der Waals surface area contributed by atoms with Crippen LogP contribution < -0.4 is 10.6 Å². The van der Waals surface area contributed by atoms with E-state index in [-0.39, 0.29) is 0 Å². The predicted octanol–water partition coefficient (Wildman–Crippen LogP) is 3.16. The first-order valence-corrected chi connectivity index (χ1v) is 9.18. The Balaban J connectivity index is 1.60. The number of hydrogen-bond acceptors (Lipinski definition) is 2. The number of benzene rings is 1. The average Bonchev–Trinajstić information content (AvgIpc) is 3.04. The number of aliphatic imine (C=N–C) groups is 1. The number of hydrogen-bond donors (Lipinski definition) is 2. The van der Waals surface area contributed by atoms with Crippen molar-refractivity contribution in [2.75, 3.05) is 13.6 Å². The molecule has 2 rings (SSSR count). The molecule has 0 bridgehead atoms. The molecule has 0 aliphatic heterocycles. The van der Waals surface area contributed by atoms with Gasteiger partial charge in [0.1, 0.15) is 5.82 Å². The zero-order chi connectivity index (χ0) is 17.9. The smallest absolute Gasteiger partial charge is 0.191 e. The Morgan fingerprint density at radius 3 is 2.72 bits per heavy atom. The van der Waals surface area contributed by atoms with Crippen molar-refractivity contribution in [2.45, 2.75) is 52.1 Å². The molecule has 0 saturated heterocycles. The topological polar surface area (TPSA) is 54.2 Å². The van der Waals surface area contributed by atoms with Crippen molar-refractivity contribution in [3.8, 4) is 0 Å². The summed E-state index contributed by atoms with van der Waals surface area (Å²) in [4.78, 5) is 8.57. The van der Waals surface area contributed by atoms with Gasteiger partial charge in [-0.2, -0.15) is 0 Å². The second kappa shape index (κ2) is 10.5. The van der Waals surface area contributed by atoms with Crippen molar-refractivity contribution >= 4 is 5.96 Å². The predicted molar refractivity (Wildman–Crippen MR) is 105 cm³/mol. The number of aryl methyl sites for hydroxylation is 3. The van der Waals surface area contributed by atoms with E-state index in [1.807, 2.05) is 26.4 Å². The van der Waals surface area contributed by atoms with Crippen LogP contribution in [0, 0.1) is 6.92 Å². The lowest BCUT2D eigenvalue weighted by Crippen LogP contribution is -2.42. The number of imidazole rings is 1. The van der Waals surface area contributed by atoms with E-state index < -0.39 is 0 Å². The molecule has 0 aliphatic carbocycles. The SMILES string of the molecule is CN=C(NCCCCn1ccnc1C)NC(C)CCc1ccccc1. The summed E-state index contributed by atoms with van der Waals surface area (Å²) in [6.45, 7) is 6.20. The highest BCUT2D eigenvalue weighted by Gasteiger charge is 2.05. The first-order valence-electron chi connectivity index (χ1n) is 9.18.